The predicted molar refractivity (Wildman–Crippen MR) is 75.3 cm³/mol. The molecule has 1 aromatic heterocycles. The van der Waals surface area contributed by atoms with Crippen molar-refractivity contribution in [3.63, 3.8) is 0 Å². The smallest absolute Gasteiger partial charge is 0.112 e. The van der Waals surface area contributed by atoms with Crippen molar-refractivity contribution in [3.8, 4) is 11.3 Å². The molecule has 0 fully saturated rings. The molecular formula is C14H17BrN2. The Morgan fingerprint density at radius 2 is 1.71 bits per heavy atom. The summed E-state index contributed by atoms with van der Waals surface area (Å²) in [5.74, 6) is 1.02. The molecule has 2 aromatic rings. The molecule has 0 saturated carbocycles. The van der Waals surface area contributed by atoms with Gasteiger partial charge in [-0.3, -0.25) is 0 Å². The first-order valence-corrected chi connectivity index (χ1v) is 6.48. The summed E-state index contributed by atoms with van der Waals surface area (Å²) in [4.78, 5) is 4.63. The number of benzene rings is 1. The second-order valence-corrected chi connectivity index (χ2v) is 5.29. The van der Waals surface area contributed by atoms with Gasteiger partial charge >= 0.3 is 0 Å². The summed E-state index contributed by atoms with van der Waals surface area (Å²) in [6.07, 6.45) is 0. The van der Waals surface area contributed by atoms with Crippen molar-refractivity contribution in [3.05, 3.63) is 39.3 Å². The molecule has 0 saturated heterocycles. The van der Waals surface area contributed by atoms with E-state index in [4.69, 9.17) is 0 Å². The Kier molecular flexibility index (Phi) is 3.13. The minimum Gasteiger partial charge on any atom is -0.326 e. The molecule has 90 valence electrons. The van der Waals surface area contributed by atoms with Crippen molar-refractivity contribution in [1.82, 2.24) is 9.55 Å². The van der Waals surface area contributed by atoms with Crippen LogP contribution in [-0.2, 0) is 7.05 Å². The van der Waals surface area contributed by atoms with Crippen molar-refractivity contribution in [2.24, 2.45) is 7.05 Å². The minimum absolute atomic E-state index is 1.02. The standard InChI is InChI=1S/C14H17BrN2/c1-8-6-7-12(10(3)9(8)2)13-14(15)17(5)11(4)16-13/h6-7H,1-5H3. The quantitative estimate of drug-likeness (QED) is 0.774. The first kappa shape index (κ1) is 12.4. The van der Waals surface area contributed by atoms with Crippen LogP contribution in [0.4, 0.5) is 0 Å². The maximum atomic E-state index is 4.63. The maximum absolute atomic E-state index is 4.63. The fourth-order valence-electron chi connectivity index (χ4n) is 1.97. The highest BCUT2D eigenvalue weighted by atomic mass is 79.9. The van der Waals surface area contributed by atoms with E-state index in [1.807, 2.05) is 14.0 Å². The zero-order valence-electron chi connectivity index (χ0n) is 10.9. The Labute approximate surface area is 111 Å². The molecule has 2 nitrogen and oxygen atoms in total. The lowest BCUT2D eigenvalue weighted by molar-refractivity contribution is 0.840. The molecule has 0 unspecified atom stereocenters. The molecule has 1 heterocycles. The van der Waals surface area contributed by atoms with Crippen molar-refractivity contribution in [2.45, 2.75) is 27.7 Å². The van der Waals surface area contributed by atoms with Crippen LogP contribution < -0.4 is 0 Å². The number of halogens is 1. The fraction of sp³-hybridized carbons (Fsp3) is 0.357. The summed E-state index contributed by atoms with van der Waals surface area (Å²) in [5, 5.41) is 0. The average Bonchev–Trinajstić information content (AvgIpc) is 2.54. The van der Waals surface area contributed by atoms with Crippen LogP contribution in [0.1, 0.15) is 22.5 Å². The van der Waals surface area contributed by atoms with Crippen molar-refractivity contribution in [2.75, 3.05) is 0 Å². The SMILES string of the molecule is Cc1ccc(-c2nc(C)n(C)c2Br)c(C)c1C. The molecule has 0 atom stereocenters. The van der Waals surface area contributed by atoms with E-state index in [-0.39, 0.29) is 0 Å². The zero-order chi connectivity index (χ0) is 12.7. The van der Waals surface area contributed by atoms with Gasteiger partial charge in [0.25, 0.3) is 0 Å². The van der Waals surface area contributed by atoms with E-state index in [0.717, 1.165) is 16.1 Å². The van der Waals surface area contributed by atoms with Crippen LogP contribution in [0.15, 0.2) is 16.7 Å². The normalized spacial score (nSPS) is 10.9. The van der Waals surface area contributed by atoms with Gasteiger partial charge in [-0.2, -0.15) is 0 Å². The summed E-state index contributed by atoms with van der Waals surface area (Å²) < 4.78 is 3.10. The van der Waals surface area contributed by atoms with E-state index >= 15 is 0 Å². The summed E-state index contributed by atoms with van der Waals surface area (Å²) >= 11 is 3.62. The average molecular weight is 293 g/mol. The molecule has 1 aromatic carbocycles. The van der Waals surface area contributed by atoms with Gasteiger partial charge in [-0.05, 0) is 60.3 Å². The molecule has 0 aliphatic heterocycles. The first-order valence-electron chi connectivity index (χ1n) is 5.69. The summed E-state index contributed by atoms with van der Waals surface area (Å²) in [6.45, 7) is 8.49. The summed E-state index contributed by atoms with van der Waals surface area (Å²) in [6, 6.07) is 4.32. The molecular weight excluding hydrogens is 276 g/mol. The molecule has 0 bridgehead atoms. The van der Waals surface area contributed by atoms with Crippen LogP contribution in [0.3, 0.4) is 0 Å². The number of aromatic nitrogens is 2. The first-order chi connectivity index (χ1) is 7.93. The zero-order valence-corrected chi connectivity index (χ0v) is 12.5. The Bertz CT molecular complexity index is 582. The van der Waals surface area contributed by atoms with E-state index < -0.39 is 0 Å². The van der Waals surface area contributed by atoms with Gasteiger partial charge < -0.3 is 4.57 Å². The highest BCUT2D eigenvalue weighted by molar-refractivity contribution is 9.10. The fourth-order valence-corrected chi connectivity index (χ4v) is 2.53. The number of hydrogen-bond acceptors (Lipinski definition) is 1. The van der Waals surface area contributed by atoms with Gasteiger partial charge in [-0.1, -0.05) is 12.1 Å². The van der Waals surface area contributed by atoms with Crippen LogP contribution >= 0.6 is 15.9 Å². The molecule has 0 aliphatic rings. The number of imidazole rings is 1. The van der Waals surface area contributed by atoms with E-state index in [9.17, 15) is 0 Å². The Morgan fingerprint density at radius 1 is 1.06 bits per heavy atom. The second kappa shape index (κ2) is 4.30. The van der Waals surface area contributed by atoms with Crippen molar-refractivity contribution in [1.29, 1.82) is 0 Å². The van der Waals surface area contributed by atoms with Gasteiger partial charge in [0.05, 0.1) is 0 Å². The van der Waals surface area contributed by atoms with Crippen molar-refractivity contribution < 1.29 is 0 Å². The van der Waals surface area contributed by atoms with Crippen LogP contribution in [0.2, 0.25) is 0 Å². The highest BCUT2D eigenvalue weighted by Gasteiger charge is 2.14. The topological polar surface area (TPSA) is 17.8 Å². The van der Waals surface area contributed by atoms with E-state index in [1.54, 1.807) is 0 Å². The Balaban J connectivity index is 2.69. The molecule has 2 rings (SSSR count). The number of rotatable bonds is 1. The monoisotopic (exact) mass is 292 g/mol. The number of nitrogens with zero attached hydrogens (tertiary/aromatic N) is 2. The van der Waals surface area contributed by atoms with Crippen LogP contribution in [0.25, 0.3) is 11.3 Å². The van der Waals surface area contributed by atoms with Gasteiger partial charge in [-0.25, -0.2) is 4.98 Å². The third kappa shape index (κ3) is 1.93. The van der Waals surface area contributed by atoms with Gasteiger partial charge in [0.2, 0.25) is 0 Å². The van der Waals surface area contributed by atoms with Crippen LogP contribution in [-0.4, -0.2) is 9.55 Å². The lowest BCUT2D eigenvalue weighted by Gasteiger charge is -2.09. The molecule has 0 amide bonds. The minimum atomic E-state index is 1.02. The lowest BCUT2D eigenvalue weighted by Crippen LogP contribution is -1.92. The molecule has 0 N–H and O–H groups in total. The highest BCUT2D eigenvalue weighted by Crippen LogP contribution is 2.32. The largest absolute Gasteiger partial charge is 0.326 e. The molecule has 17 heavy (non-hydrogen) atoms. The Hall–Kier alpha value is -1.09. The second-order valence-electron chi connectivity index (χ2n) is 4.54. The van der Waals surface area contributed by atoms with Gasteiger partial charge in [0.1, 0.15) is 16.1 Å². The summed E-state index contributed by atoms with van der Waals surface area (Å²) in [7, 11) is 2.02. The van der Waals surface area contributed by atoms with Gasteiger partial charge in [0.15, 0.2) is 0 Å². The maximum Gasteiger partial charge on any atom is 0.112 e. The van der Waals surface area contributed by atoms with Crippen LogP contribution in [0.5, 0.6) is 0 Å². The van der Waals surface area contributed by atoms with Gasteiger partial charge in [0, 0.05) is 12.6 Å². The molecule has 0 spiro atoms. The van der Waals surface area contributed by atoms with E-state index in [1.165, 1.54) is 22.3 Å². The lowest BCUT2D eigenvalue weighted by atomic mass is 9.97. The molecule has 0 radical (unpaired) electrons. The van der Waals surface area contributed by atoms with Crippen molar-refractivity contribution >= 4 is 15.9 Å². The predicted octanol–water partition coefficient (Wildman–Crippen LogP) is 4.08. The van der Waals surface area contributed by atoms with E-state index in [2.05, 4.69) is 58.4 Å². The molecule has 0 aliphatic carbocycles. The number of hydrogen-bond donors (Lipinski definition) is 0. The summed E-state index contributed by atoms with van der Waals surface area (Å²) in [5.41, 5.74) is 6.23. The van der Waals surface area contributed by atoms with Gasteiger partial charge in [-0.15, -0.1) is 0 Å². The van der Waals surface area contributed by atoms with E-state index in [0.29, 0.717) is 0 Å². The Morgan fingerprint density at radius 3 is 2.24 bits per heavy atom. The third-order valence-electron chi connectivity index (χ3n) is 3.56. The molecule has 3 heteroatoms. The van der Waals surface area contributed by atoms with Crippen LogP contribution in [0, 0.1) is 27.7 Å². The number of aryl methyl sites for hydroxylation is 2. The third-order valence-corrected chi connectivity index (χ3v) is 4.47.